The molecule has 1 unspecified atom stereocenters. The summed E-state index contributed by atoms with van der Waals surface area (Å²) < 4.78 is 2.24. The molecule has 1 aromatic carbocycles. The number of nitrogens with one attached hydrogen (secondary N) is 2. The van der Waals surface area contributed by atoms with Crippen LogP contribution in [-0.2, 0) is 7.05 Å². The topological polar surface area (TPSA) is 29.0 Å². The van der Waals surface area contributed by atoms with Crippen LogP contribution in [-0.4, -0.2) is 25.2 Å². The lowest BCUT2D eigenvalue weighted by Gasteiger charge is -2.26. The minimum absolute atomic E-state index is 0.396. The van der Waals surface area contributed by atoms with Crippen molar-refractivity contribution in [1.82, 2.24) is 15.2 Å². The fraction of sp³-hybridized carbons (Fsp3) is 0.500. The van der Waals surface area contributed by atoms with E-state index in [2.05, 4.69) is 66.8 Å². The monoisotopic (exact) mass is 257 g/mol. The molecule has 0 spiro atoms. The molecule has 0 aliphatic heterocycles. The molecule has 2 N–H and O–H groups in total. The first-order valence-electron chi connectivity index (χ1n) is 7.08. The molecule has 19 heavy (non-hydrogen) atoms. The van der Waals surface area contributed by atoms with Gasteiger partial charge in [-0.2, -0.15) is 0 Å². The van der Waals surface area contributed by atoms with Gasteiger partial charge in [0, 0.05) is 42.1 Å². The van der Waals surface area contributed by atoms with Gasteiger partial charge in [-0.1, -0.05) is 18.2 Å². The predicted octanol–water partition coefficient (Wildman–Crippen LogP) is 2.44. The number of aromatic nitrogens is 1. The van der Waals surface area contributed by atoms with Crippen molar-refractivity contribution in [1.29, 1.82) is 0 Å². The first-order chi connectivity index (χ1) is 9.22. The molecule has 0 radical (unpaired) electrons. The average Bonchev–Trinajstić information content (AvgIpc) is 3.12. The number of benzene rings is 1. The van der Waals surface area contributed by atoms with Gasteiger partial charge in [0.05, 0.1) is 0 Å². The highest BCUT2D eigenvalue weighted by Gasteiger charge is 2.49. The van der Waals surface area contributed by atoms with Gasteiger partial charge in [-0.05, 0) is 38.6 Å². The fourth-order valence-corrected chi connectivity index (χ4v) is 3.47. The molecule has 3 heteroatoms. The quantitative estimate of drug-likeness (QED) is 0.861. The number of aryl methyl sites for hydroxylation is 1. The fourth-order valence-electron chi connectivity index (χ4n) is 3.47. The van der Waals surface area contributed by atoms with Gasteiger partial charge in [-0.15, -0.1) is 0 Å². The largest absolute Gasteiger partial charge is 0.350 e. The Hall–Kier alpha value is -1.32. The Labute approximate surface area is 115 Å². The van der Waals surface area contributed by atoms with Crippen LogP contribution < -0.4 is 10.6 Å². The molecule has 1 aliphatic rings. The summed E-state index contributed by atoms with van der Waals surface area (Å²) in [4.78, 5) is 0. The third kappa shape index (κ3) is 1.97. The molecule has 102 valence electrons. The summed E-state index contributed by atoms with van der Waals surface area (Å²) in [5.74, 6) is 0. The summed E-state index contributed by atoms with van der Waals surface area (Å²) in [6, 6.07) is 9.12. The van der Waals surface area contributed by atoms with Crippen LogP contribution in [0.15, 0.2) is 30.5 Å². The van der Waals surface area contributed by atoms with Crippen molar-refractivity contribution in [2.24, 2.45) is 12.5 Å². The Kier molecular flexibility index (Phi) is 3.11. The van der Waals surface area contributed by atoms with E-state index in [0.717, 1.165) is 6.54 Å². The van der Waals surface area contributed by atoms with Crippen LogP contribution in [0.25, 0.3) is 10.9 Å². The van der Waals surface area contributed by atoms with Gasteiger partial charge in [0.2, 0.25) is 0 Å². The standard InChI is InChI=1S/C16H23N3/c1-17-11-16(8-9-16)15(18-2)13-10-19(3)14-7-5-4-6-12(13)14/h4-7,10,15,17-18H,8-9,11H2,1-3H3. The van der Waals surface area contributed by atoms with E-state index in [1.807, 2.05) is 0 Å². The van der Waals surface area contributed by atoms with Crippen molar-refractivity contribution < 1.29 is 0 Å². The summed E-state index contributed by atoms with van der Waals surface area (Å²) in [5.41, 5.74) is 3.15. The van der Waals surface area contributed by atoms with Gasteiger partial charge in [0.25, 0.3) is 0 Å². The number of hydrogen-bond acceptors (Lipinski definition) is 2. The van der Waals surface area contributed by atoms with Crippen molar-refractivity contribution in [3.05, 3.63) is 36.0 Å². The third-order valence-corrected chi connectivity index (χ3v) is 4.56. The normalized spacial score (nSPS) is 18.7. The zero-order valence-corrected chi connectivity index (χ0v) is 12.0. The van der Waals surface area contributed by atoms with Gasteiger partial charge >= 0.3 is 0 Å². The highest BCUT2D eigenvalue weighted by atomic mass is 15.0. The second-order valence-electron chi connectivity index (χ2n) is 5.83. The van der Waals surface area contributed by atoms with E-state index < -0.39 is 0 Å². The van der Waals surface area contributed by atoms with Crippen LogP contribution in [0.5, 0.6) is 0 Å². The maximum Gasteiger partial charge on any atom is 0.0481 e. The van der Waals surface area contributed by atoms with Gasteiger partial charge in [-0.3, -0.25) is 0 Å². The first kappa shape index (κ1) is 12.7. The van der Waals surface area contributed by atoms with Crippen molar-refractivity contribution >= 4 is 10.9 Å². The van der Waals surface area contributed by atoms with Crippen LogP contribution in [0.2, 0.25) is 0 Å². The molecule has 1 aromatic heterocycles. The first-order valence-corrected chi connectivity index (χ1v) is 7.08. The molecule has 1 atom stereocenters. The van der Waals surface area contributed by atoms with E-state index in [1.54, 1.807) is 0 Å². The van der Waals surface area contributed by atoms with Crippen LogP contribution >= 0.6 is 0 Å². The summed E-state index contributed by atoms with van der Waals surface area (Å²) in [7, 11) is 6.27. The summed E-state index contributed by atoms with van der Waals surface area (Å²) >= 11 is 0. The summed E-state index contributed by atoms with van der Waals surface area (Å²) in [6.45, 7) is 1.09. The van der Waals surface area contributed by atoms with Gasteiger partial charge < -0.3 is 15.2 Å². The van der Waals surface area contributed by atoms with E-state index in [0.29, 0.717) is 11.5 Å². The molecule has 1 saturated carbocycles. The lowest BCUT2D eigenvalue weighted by atomic mass is 9.89. The average molecular weight is 257 g/mol. The molecule has 1 aliphatic carbocycles. The van der Waals surface area contributed by atoms with E-state index in [1.165, 1.54) is 29.3 Å². The van der Waals surface area contributed by atoms with Crippen molar-refractivity contribution in [2.75, 3.05) is 20.6 Å². The van der Waals surface area contributed by atoms with Gasteiger partial charge in [-0.25, -0.2) is 0 Å². The molecular formula is C16H23N3. The zero-order chi connectivity index (χ0) is 13.5. The van der Waals surface area contributed by atoms with Crippen molar-refractivity contribution in [3.8, 4) is 0 Å². The van der Waals surface area contributed by atoms with Crippen LogP contribution in [0.3, 0.4) is 0 Å². The van der Waals surface area contributed by atoms with Crippen molar-refractivity contribution in [3.63, 3.8) is 0 Å². The number of nitrogens with zero attached hydrogens (tertiary/aromatic N) is 1. The molecule has 1 heterocycles. The molecular weight excluding hydrogens is 234 g/mol. The maximum atomic E-state index is 3.56. The number of fused-ring (bicyclic) bond motifs is 1. The second-order valence-corrected chi connectivity index (χ2v) is 5.83. The summed E-state index contributed by atoms with van der Waals surface area (Å²) in [5, 5.41) is 8.30. The summed E-state index contributed by atoms with van der Waals surface area (Å²) in [6.07, 6.45) is 4.91. The maximum absolute atomic E-state index is 3.56. The van der Waals surface area contributed by atoms with E-state index in [9.17, 15) is 0 Å². The molecule has 0 amide bonds. The zero-order valence-electron chi connectivity index (χ0n) is 12.0. The smallest absolute Gasteiger partial charge is 0.0481 e. The van der Waals surface area contributed by atoms with E-state index in [-0.39, 0.29) is 0 Å². The molecule has 0 bridgehead atoms. The highest BCUT2D eigenvalue weighted by Crippen LogP contribution is 2.55. The van der Waals surface area contributed by atoms with Crippen LogP contribution in [0.1, 0.15) is 24.4 Å². The Bertz CT molecular complexity index is 581. The van der Waals surface area contributed by atoms with Crippen LogP contribution in [0, 0.1) is 5.41 Å². The van der Waals surface area contributed by atoms with E-state index >= 15 is 0 Å². The Morgan fingerprint density at radius 1 is 1.26 bits per heavy atom. The number of para-hydroxylation sites is 1. The van der Waals surface area contributed by atoms with Crippen molar-refractivity contribution in [2.45, 2.75) is 18.9 Å². The van der Waals surface area contributed by atoms with Gasteiger partial charge in [0.1, 0.15) is 0 Å². The number of rotatable bonds is 5. The molecule has 3 nitrogen and oxygen atoms in total. The Morgan fingerprint density at radius 3 is 2.63 bits per heavy atom. The van der Waals surface area contributed by atoms with Crippen LogP contribution in [0.4, 0.5) is 0 Å². The Morgan fingerprint density at radius 2 is 2.00 bits per heavy atom. The Balaban J connectivity index is 2.07. The predicted molar refractivity (Wildman–Crippen MR) is 80.3 cm³/mol. The lowest BCUT2D eigenvalue weighted by molar-refractivity contribution is 0.348. The molecule has 3 rings (SSSR count). The van der Waals surface area contributed by atoms with E-state index in [4.69, 9.17) is 0 Å². The molecule has 0 saturated heterocycles. The lowest BCUT2D eigenvalue weighted by Crippen LogP contribution is -2.33. The SMILES string of the molecule is CNCC1(C(NC)c2cn(C)c3ccccc23)CC1. The minimum atomic E-state index is 0.396. The minimum Gasteiger partial charge on any atom is -0.350 e. The second kappa shape index (κ2) is 4.66. The van der Waals surface area contributed by atoms with Gasteiger partial charge in [0.15, 0.2) is 0 Å². The molecule has 1 fully saturated rings. The highest BCUT2D eigenvalue weighted by molar-refractivity contribution is 5.84. The molecule has 2 aromatic rings. The number of hydrogen-bond donors (Lipinski definition) is 2. The third-order valence-electron chi connectivity index (χ3n) is 4.56.